The molecule has 22 nitrogen and oxygen atoms in total. The number of likely N-dealkylation sites (tertiary alicyclic amines) is 2. The van der Waals surface area contributed by atoms with Crippen molar-refractivity contribution in [1.29, 1.82) is 0 Å². The molecule has 2 saturated heterocycles. The largest absolute Gasteiger partial charge is 0.369 e. The maximum atomic E-state index is 13.4. The Labute approximate surface area is 440 Å². The van der Waals surface area contributed by atoms with Gasteiger partial charge >= 0.3 is 11.4 Å². The zero-order chi connectivity index (χ0) is 53.0. The molecule has 386 valence electrons. The molecule has 2 amide bonds. The van der Waals surface area contributed by atoms with Crippen LogP contribution in [0.3, 0.4) is 0 Å². The normalized spacial score (nSPS) is 18.1. The monoisotopic (exact) mass is 1080 g/mol. The SMILES string of the molecule is CO[C@@H]1C(=O)N(C(/C=N/Nc2ccc([N+](=O)[O-])cc2[N+](=O)[O-])=C/SCCCSSCCCS/C=C(\C=N\Nc2ccc([N+](=O)[O-])cc2[N+](=O)[O-])N2C(=O)[C@@H](OC)[C@H]2/C=C/c2ccccc2)[C@@H]1/C=C/c1ccccc1. The quantitative estimate of drug-likeness (QED) is 0.0128. The zero-order valence-electron chi connectivity index (χ0n) is 39.5. The number of non-ortho nitro benzene ring substituents is 2. The number of methoxy groups -OCH3 is 2. The fourth-order valence-electron chi connectivity index (χ4n) is 7.17. The Morgan fingerprint density at radius 3 is 1.32 bits per heavy atom. The molecule has 2 N–H and O–H groups in total. The van der Waals surface area contributed by atoms with Gasteiger partial charge < -0.3 is 9.47 Å². The summed E-state index contributed by atoms with van der Waals surface area (Å²) in [5.74, 6) is 2.40. The van der Waals surface area contributed by atoms with Gasteiger partial charge in [0, 0.05) is 37.9 Å². The number of amides is 2. The number of hydrogen-bond donors (Lipinski definition) is 2. The van der Waals surface area contributed by atoms with Gasteiger partial charge in [0.1, 0.15) is 11.4 Å². The van der Waals surface area contributed by atoms with Gasteiger partial charge in [-0.1, -0.05) is 107 Å². The Kier molecular flexibility index (Phi) is 21.3. The highest BCUT2D eigenvalue weighted by atomic mass is 33.1. The third-order valence-corrected chi connectivity index (χ3v) is 15.3. The molecule has 74 heavy (non-hydrogen) atoms. The highest BCUT2D eigenvalue weighted by Gasteiger charge is 2.48. The van der Waals surface area contributed by atoms with E-state index in [0.717, 1.165) is 59.7 Å². The van der Waals surface area contributed by atoms with Crippen LogP contribution in [0.2, 0.25) is 0 Å². The van der Waals surface area contributed by atoms with Crippen molar-refractivity contribution in [3.63, 3.8) is 0 Å². The number of rotatable bonds is 29. The van der Waals surface area contributed by atoms with Crippen LogP contribution in [0, 0.1) is 40.5 Å². The van der Waals surface area contributed by atoms with Gasteiger partial charge in [0.2, 0.25) is 0 Å². The van der Waals surface area contributed by atoms with Crippen LogP contribution in [0.5, 0.6) is 0 Å². The Morgan fingerprint density at radius 2 is 0.973 bits per heavy atom. The molecule has 2 fully saturated rings. The van der Waals surface area contributed by atoms with Crippen LogP contribution in [0.1, 0.15) is 24.0 Å². The van der Waals surface area contributed by atoms with E-state index in [2.05, 4.69) is 21.1 Å². The van der Waals surface area contributed by atoms with Crippen LogP contribution in [-0.4, -0.2) is 115 Å². The number of β-lactam (4-membered cyclic amide) rings is 2. The van der Waals surface area contributed by atoms with Crippen LogP contribution >= 0.6 is 45.1 Å². The fraction of sp³-hybridized carbons (Fsp3) is 0.250. The maximum Gasteiger partial charge on any atom is 0.301 e. The number of nitrogens with one attached hydrogen (secondary N) is 2. The smallest absolute Gasteiger partial charge is 0.301 e. The summed E-state index contributed by atoms with van der Waals surface area (Å²) in [6, 6.07) is 24.4. The van der Waals surface area contributed by atoms with Crippen molar-refractivity contribution in [2.75, 3.05) is 48.1 Å². The Morgan fingerprint density at radius 1 is 0.581 bits per heavy atom. The van der Waals surface area contributed by atoms with Crippen LogP contribution in [0.25, 0.3) is 12.2 Å². The molecular weight excluding hydrogens is 1040 g/mol. The van der Waals surface area contributed by atoms with E-state index in [1.54, 1.807) is 32.4 Å². The number of anilines is 2. The lowest BCUT2D eigenvalue weighted by Gasteiger charge is -2.44. The lowest BCUT2D eigenvalue weighted by Crippen LogP contribution is -2.64. The van der Waals surface area contributed by atoms with E-state index in [1.165, 1.54) is 72.1 Å². The molecule has 2 aliphatic rings. The second-order valence-electron chi connectivity index (χ2n) is 15.6. The first-order chi connectivity index (χ1) is 35.8. The molecule has 2 heterocycles. The standard InChI is InChI=1S/C48H48N10O12S4/c1-69-45-41(21-15-33-11-5-3-6-12-33)53(47(45)59)37(29-49-51-39-19-17-35(55(61)62)27-43(39)57(65)66)31-71-23-9-25-73-74-26-10-24-72-32-38(30-50-52-40-20-18-36(56(63)64)28-44(40)58(67)68)54-42(46(70-2)48(54)60)22-16-34-13-7-4-8-14-34/h3-8,11-22,27-32,41-42,45-46,51-52H,9-10,23-26H2,1-2H3/b21-15+,22-16+,37-31+,38-32+,49-29+,50-30+/t41-,42-,45+,46+/m1/s1. The van der Waals surface area contributed by atoms with Gasteiger partial charge in [-0.3, -0.25) is 70.7 Å². The predicted octanol–water partition coefficient (Wildman–Crippen LogP) is 10.0. The summed E-state index contributed by atoms with van der Waals surface area (Å²) in [6.07, 6.45) is 10.3. The number of thioether (sulfide) groups is 2. The summed E-state index contributed by atoms with van der Waals surface area (Å²) >= 11 is 2.92. The average Bonchev–Trinajstić information content (AvgIpc) is 3.39. The first kappa shape index (κ1) is 55.9. The van der Waals surface area contributed by atoms with Gasteiger partial charge in [0.05, 0.1) is 67.7 Å². The molecule has 4 aromatic rings. The number of allylic oxidation sites excluding steroid dienone is 2. The molecule has 0 aromatic heterocycles. The molecule has 0 unspecified atom stereocenters. The minimum Gasteiger partial charge on any atom is -0.369 e. The number of nitro groups is 4. The predicted molar refractivity (Wildman–Crippen MR) is 293 cm³/mol. The van der Waals surface area contributed by atoms with Crippen LogP contribution < -0.4 is 10.9 Å². The van der Waals surface area contributed by atoms with E-state index in [0.29, 0.717) is 22.9 Å². The summed E-state index contributed by atoms with van der Waals surface area (Å²) in [5, 5.41) is 57.9. The number of nitro benzene ring substituents is 4. The van der Waals surface area contributed by atoms with Gasteiger partial charge in [-0.25, -0.2) is 0 Å². The van der Waals surface area contributed by atoms with Crippen molar-refractivity contribution in [2.45, 2.75) is 37.1 Å². The molecule has 0 radical (unpaired) electrons. The molecule has 0 aliphatic carbocycles. The van der Waals surface area contributed by atoms with Crippen molar-refractivity contribution in [3.8, 4) is 0 Å². The lowest BCUT2D eigenvalue weighted by molar-refractivity contribution is -0.393. The van der Waals surface area contributed by atoms with Gasteiger partial charge in [-0.05, 0) is 58.4 Å². The number of hydrogen-bond acceptors (Lipinski definition) is 20. The van der Waals surface area contributed by atoms with Crippen LogP contribution in [0.4, 0.5) is 34.1 Å². The summed E-state index contributed by atoms with van der Waals surface area (Å²) < 4.78 is 11.0. The molecular formula is C48H48N10O12S4. The van der Waals surface area contributed by atoms with Crippen molar-refractivity contribution < 1.29 is 38.8 Å². The average molecular weight is 1090 g/mol. The van der Waals surface area contributed by atoms with E-state index in [9.17, 15) is 50.0 Å². The summed E-state index contributed by atoms with van der Waals surface area (Å²) in [4.78, 5) is 72.8. The first-order valence-corrected chi connectivity index (χ1v) is 26.9. The van der Waals surface area contributed by atoms with Gasteiger partial charge in [-0.2, -0.15) is 10.2 Å². The molecule has 4 aromatic carbocycles. The minimum absolute atomic E-state index is 0.0782. The number of ether oxygens (including phenoxy) is 2. The number of carbonyl (C=O) groups excluding carboxylic acids is 2. The minimum atomic E-state index is -0.754. The van der Waals surface area contributed by atoms with Gasteiger partial charge in [0.25, 0.3) is 23.2 Å². The van der Waals surface area contributed by atoms with E-state index >= 15 is 0 Å². The van der Waals surface area contributed by atoms with Gasteiger partial charge in [-0.15, -0.1) is 23.5 Å². The van der Waals surface area contributed by atoms with Crippen LogP contribution in [-0.2, 0) is 19.1 Å². The molecule has 0 saturated carbocycles. The van der Waals surface area contributed by atoms with E-state index < -0.39 is 66.7 Å². The number of nitrogens with zero attached hydrogens (tertiary/aromatic N) is 8. The number of benzene rings is 4. The van der Waals surface area contributed by atoms with E-state index in [1.807, 2.05) is 85.0 Å². The zero-order valence-corrected chi connectivity index (χ0v) is 42.8. The number of hydrazone groups is 2. The van der Waals surface area contributed by atoms with E-state index in [4.69, 9.17) is 9.47 Å². The molecule has 0 bridgehead atoms. The highest BCUT2D eigenvalue weighted by molar-refractivity contribution is 8.76. The van der Waals surface area contributed by atoms with Crippen LogP contribution in [0.15, 0.2) is 142 Å². The van der Waals surface area contributed by atoms with E-state index in [-0.39, 0.29) is 23.2 Å². The van der Waals surface area contributed by atoms with Crippen molar-refractivity contribution in [3.05, 3.63) is 183 Å². The Balaban J connectivity index is 1.04. The highest BCUT2D eigenvalue weighted by Crippen LogP contribution is 2.34. The topological polar surface area (TPSA) is 280 Å². The summed E-state index contributed by atoms with van der Waals surface area (Å²) in [5.41, 5.74) is 5.68. The Hall–Kier alpha value is -7.36. The summed E-state index contributed by atoms with van der Waals surface area (Å²) in [7, 11) is 6.32. The molecule has 2 aliphatic heterocycles. The molecule has 6 rings (SSSR count). The van der Waals surface area contributed by atoms with Gasteiger partial charge in [0.15, 0.2) is 12.2 Å². The molecule has 0 spiro atoms. The van der Waals surface area contributed by atoms with Crippen molar-refractivity contribution >= 4 is 116 Å². The molecule has 26 heteroatoms. The summed E-state index contributed by atoms with van der Waals surface area (Å²) in [6.45, 7) is 0. The second kappa shape index (κ2) is 28.2. The van der Waals surface area contributed by atoms with Crippen molar-refractivity contribution in [2.24, 2.45) is 10.2 Å². The molecule has 4 atom stereocenters. The van der Waals surface area contributed by atoms with Crippen molar-refractivity contribution in [1.82, 2.24) is 9.80 Å². The lowest BCUT2D eigenvalue weighted by atomic mass is 9.95. The number of carbonyl (C=O) groups is 2. The first-order valence-electron chi connectivity index (χ1n) is 22.3. The third-order valence-electron chi connectivity index (χ3n) is 10.8. The third kappa shape index (κ3) is 15.1. The second-order valence-corrected chi connectivity index (χ2v) is 20.3. The Bertz CT molecular complexity index is 2670. The maximum absolute atomic E-state index is 13.4. The fourth-order valence-corrected chi connectivity index (χ4v) is 11.3.